The molecule has 4 atom stereocenters. The average molecular weight is 732 g/mol. The van der Waals surface area contributed by atoms with Crippen molar-refractivity contribution in [2.45, 2.75) is 44.2 Å². The fraction of sp³-hybridized carbons (Fsp3) is 0.500. The molecule has 11 rings (SSSR count). The number of aryl methyl sites for hydroxylation is 1. The van der Waals surface area contributed by atoms with E-state index in [2.05, 4.69) is 20.6 Å². The molecule has 6 fully saturated rings. The number of hydrogen-bond acceptors (Lipinski definition) is 9. The van der Waals surface area contributed by atoms with E-state index in [0.717, 1.165) is 76.9 Å². The molecule has 1 N–H and O–H groups in total. The topological polar surface area (TPSA) is 92.0 Å². The van der Waals surface area contributed by atoms with Crippen molar-refractivity contribution >= 4 is 38.4 Å². The molecule has 0 spiro atoms. The molecule has 5 aromatic rings. The first-order chi connectivity index (χ1) is 26.2. The van der Waals surface area contributed by atoms with Gasteiger partial charge in [0.1, 0.15) is 28.4 Å². The number of aromatic hydroxyl groups is 1. The Morgan fingerprint density at radius 2 is 1.80 bits per heavy atom. The number of fused-ring (bicyclic) bond motifs is 7. The second-order valence-corrected chi connectivity index (χ2v) is 17.1. The van der Waals surface area contributed by atoms with Gasteiger partial charge in [0.15, 0.2) is 5.82 Å². The number of anilines is 1. The van der Waals surface area contributed by atoms with Gasteiger partial charge in [-0.15, -0.1) is 6.42 Å². The van der Waals surface area contributed by atoms with Crippen LogP contribution in [-0.4, -0.2) is 106 Å². The SMILES string of the molecule is C#Cc1c(F)ccc2cc(O)cc(-c3c(F)c4nc(OCC5(CN6CC7CC7C6)CC5)nc(N5C[C@H]6CC[C@@H](C5)N6CC5COC5)c4c4cn(C)nc34)c12. The molecule has 6 heterocycles. The van der Waals surface area contributed by atoms with Crippen LogP contribution in [0.2, 0.25) is 0 Å². The Labute approximate surface area is 312 Å². The molecule has 2 aromatic heterocycles. The molecule has 0 radical (unpaired) electrons. The van der Waals surface area contributed by atoms with Gasteiger partial charge in [0, 0.05) is 92.3 Å². The lowest BCUT2D eigenvalue weighted by Crippen LogP contribution is -2.56. The lowest BCUT2D eigenvalue weighted by atomic mass is 9.91. The zero-order chi connectivity index (χ0) is 36.5. The molecule has 2 aliphatic carbocycles. The van der Waals surface area contributed by atoms with Crippen LogP contribution in [0.5, 0.6) is 11.8 Å². The third kappa shape index (κ3) is 5.26. The van der Waals surface area contributed by atoms with Crippen LogP contribution in [0.25, 0.3) is 43.7 Å². The number of terminal acetylenes is 1. The Kier molecular flexibility index (Phi) is 7.27. The minimum absolute atomic E-state index is 0.00896. The predicted octanol–water partition coefficient (Wildman–Crippen LogP) is 5.71. The largest absolute Gasteiger partial charge is 0.508 e. The molecule has 6 aliphatic rings. The summed E-state index contributed by atoms with van der Waals surface area (Å²) in [5, 5.41) is 17.7. The number of likely N-dealkylation sites (tertiary alicyclic amines) is 1. The molecule has 54 heavy (non-hydrogen) atoms. The fourth-order valence-corrected chi connectivity index (χ4v) is 10.2. The third-order valence-electron chi connectivity index (χ3n) is 13.3. The summed E-state index contributed by atoms with van der Waals surface area (Å²) < 4.78 is 46.7. The van der Waals surface area contributed by atoms with E-state index in [0.29, 0.717) is 57.5 Å². The lowest BCUT2D eigenvalue weighted by molar-refractivity contribution is -0.0538. The zero-order valence-electron chi connectivity index (χ0n) is 30.4. The van der Waals surface area contributed by atoms with Crippen molar-refractivity contribution in [2.24, 2.45) is 30.2 Å². The van der Waals surface area contributed by atoms with E-state index < -0.39 is 11.6 Å². The van der Waals surface area contributed by atoms with Gasteiger partial charge in [0.25, 0.3) is 0 Å². The summed E-state index contributed by atoms with van der Waals surface area (Å²) in [5.41, 5.74) is 0.841. The van der Waals surface area contributed by atoms with Crippen LogP contribution in [0.1, 0.15) is 37.7 Å². The summed E-state index contributed by atoms with van der Waals surface area (Å²) >= 11 is 0. The number of nitrogens with zero attached hydrogens (tertiary/aromatic N) is 7. The summed E-state index contributed by atoms with van der Waals surface area (Å²) in [5.74, 6) is 4.06. The number of piperidine rings is 1. The number of phenolic OH excluding ortho intramolecular Hbond substituents is 1. The number of phenols is 1. The van der Waals surface area contributed by atoms with E-state index >= 15 is 8.78 Å². The molecule has 3 aromatic carbocycles. The Bertz CT molecular complexity index is 2400. The maximum Gasteiger partial charge on any atom is 0.319 e. The molecule has 4 saturated heterocycles. The van der Waals surface area contributed by atoms with E-state index in [1.807, 2.05) is 6.20 Å². The summed E-state index contributed by atoms with van der Waals surface area (Å²) in [6.07, 6.45) is 13.5. The van der Waals surface area contributed by atoms with Gasteiger partial charge in [0.05, 0.1) is 30.8 Å². The molecule has 4 aliphatic heterocycles. The summed E-state index contributed by atoms with van der Waals surface area (Å²) in [6.45, 7) is 8.01. The number of ether oxygens (including phenoxy) is 2. The van der Waals surface area contributed by atoms with Crippen LogP contribution in [-0.2, 0) is 11.8 Å². The highest BCUT2D eigenvalue weighted by atomic mass is 19.1. The van der Waals surface area contributed by atoms with Crippen LogP contribution in [0.15, 0.2) is 30.5 Å². The predicted molar refractivity (Wildman–Crippen MR) is 202 cm³/mol. The van der Waals surface area contributed by atoms with E-state index in [1.54, 1.807) is 17.8 Å². The summed E-state index contributed by atoms with van der Waals surface area (Å²) in [4.78, 5) is 17.5. The van der Waals surface area contributed by atoms with E-state index in [4.69, 9.17) is 31.0 Å². The Morgan fingerprint density at radius 1 is 1.02 bits per heavy atom. The number of benzene rings is 3. The number of rotatable bonds is 9. The van der Waals surface area contributed by atoms with E-state index in [1.165, 1.54) is 37.7 Å². The van der Waals surface area contributed by atoms with Crippen molar-refractivity contribution in [3.63, 3.8) is 0 Å². The van der Waals surface area contributed by atoms with Crippen LogP contribution in [0.3, 0.4) is 0 Å². The van der Waals surface area contributed by atoms with Gasteiger partial charge in [-0.05, 0) is 73.1 Å². The first kappa shape index (κ1) is 32.8. The number of piperazine rings is 1. The van der Waals surface area contributed by atoms with E-state index in [9.17, 15) is 5.11 Å². The monoisotopic (exact) mass is 731 g/mol. The Hall–Kier alpha value is -4.57. The van der Waals surface area contributed by atoms with Gasteiger partial charge < -0.3 is 24.4 Å². The molecule has 2 unspecified atom stereocenters. The van der Waals surface area contributed by atoms with Gasteiger partial charge in [-0.3, -0.25) is 9.58 Å². The molecule has 2 bridgehead atoms. The van der Waals surface area contributed by atoms with Crippen molar-refractivity contribution in [1.29, 1.82) is 0 Å². The van der Waals surface area contributed by atoms with Gasteiger partial charge in [-0.1, -0.05) is 12.0 Å². The van der Waals surface area contributed by atoms with Gasteiger partial charge in [-0.25, -0.2) is 8.78 Å². The van der Waals surface area contributed by atoms with Crippen LogP contribution in [0.4, 0.5) is 14.6 Å². The number of aromatic nitrogens is 4. The Balaban J connectivity index is 1.06. The molecule has 0 amide bonds. The highest BCUT2D eigenvalue weighted by molar-refractivity contribution is 6.18. The molecular weight excluding hydrogens is 689 g/mol. The van der Waals surface area contributed by atoms with Gasteiger partial charge >= 0.3 is 6.01 Å². The Morgan fingerprint density at radius 3 is 2.50 bits per heavy atom. The van der Waals surface area contributed by atoms with Crippen molar-refractivity contribution in [1.82, 2.24) is 29.5 Å². The number of hydrogen-bond donors (Lipinski definition) is 1. The highest BCUT2D eigenvalue weighted by Gasteiger charge is 2.51. The fourth-order valence-electron chi connectivity index (χ4n) is 10.2. The van der Waals surface area contributed by atoms with Crippen molar-refractivity contribution in [3.05, 3.63) is 47.7 Å². The second-order valence-electron chi connectivity index (χ2n) is 17.1. The molecule has 278 valence electrons. The quantitative estimate of drug-likeness (QED) is 0.192. The van der Waals surface area contributed by atoms with Crippen molar-refractivity contribution in [2.75, 3.05) is 64.0 Å². The lowest BCUT2D eigenvalue weighted by Gasteiger charge is -2.44. The highest BCUT2D eigenvalue weighted by Crippen LogP contribution is 2.51. The second kappa shape index (κ2) is 12.0. The average Bonchev–Trinajstić information content (AvgIpc) is 3.96. The van der Waals surface area contributed by atoms with Gasteiger partial charge in [0.2, 0.25) is 0 Å². The first-order valence-electron chi connectivity index (χ1n) is 19.5. The molecule has 10 nitrogen and oxygen atoms in total. The molecule has 2 saturated carbocycles. The maximum atomic E-state index is 17.8. The zero-order valence-corrected chi connectivity index (χ0v) is 30.4. The summed E-state index contributed by atoms with van der Waals surface area (Å²) in [7, 11) is 1.79. The van der Waals surface area contributed by atoms with Crippen LogP contribution in [0, 0.1) is 47.1 Å². The standard InChI is InChI=1S/C42H43F2N7O3/c1-3-30-33(43)7-4-24-11-29(52)12-31(34(24)30)35-37(44)39-36(32-18-48(2)47-38(32)35)40(50-16-27-5-6-28(17-50)51(27)13-23-19-53-20-23)46-41(45-39)54-22-42(8-9-42)21-49-14-25-10-26(25)15-49/h1,4,7,11-12,18,23,25-28,52H,5-6,8-10,13-17,19-22H2,2H3/t25?,26?,27-,28+. The maximum absolute atomic E-state index is 17.8. The molecular formula is C42H43F2N7O3. The van der Waals surface area contributed by atoms with E-state index in [-0.39, 0.29) is 39.4 Å². The van der Waals surface area contributed by atoms with Crippen molar-refractivity contribution in [3.8, 4) is 35.2 Å². The first-order valence-corrected chi connectivity index (χ1v) is 19.5. The number of halogens is 2. The normalized spacial score (nSPS) is 26.1. The third-order valence-corrected chi connectivity index (χ3v) is 13.3. The summed E-state index contributed by atoms with van der Waals surface area (Å²) in [6, 6.07) is 6.60. The minimum Gasteiger partial charge on any atom is -0.508 e. The smallest absolute Gasteiger partial charge is 0.319 e. The molecule has 12 heteroatoms. The van der Waals surface area contributed by atoms with Crippen LogP contribution >= 0.6 is 0 Å². The van der Waals surface area contributed by atoms with Gasteiger partial charge in [-0.2, -0.15) is 15.1 Å². The van der Waals surface area contributed by atoms with Crippen molar-refractivity contribution < 1.29 is 23.4 Å². The minimum atomic E-state index is -0.646. The van der Waals surface area contributed by atoms with Crippen LogP contribution < -0.4 is 9.64 Å².